The van der Waals surface area contributed by atoms with Crippen LogP contribution in [0.2, 0.25) is 0 Å². The average Bonchev–Trinajstić information content (AvgIpc) is 2.37. The molecule has 0 radical (unpaired) electrons. The molecule has 0 heterocycles. The Labute approximate surface area is 117 Å². The summed E-state index contributed by atoms with van der Waals surface area (Å²) in [5.41, 5.74) is 0.855. The summed E-state index contributed by atoms with van der Waals surface area (Å²) in [6.07, 6.45) is 0.616. The molecule has 3 nitrogen and oxygen atoms in total. The van der Waals surface area contributed by atoms with Gasteiger partial charge in [-0.3, -0.25) is 0 Å². The van der Waals surface area contributed by atoms with Crippen LogP contribution in [0.15, 0.2) is 24.3 Å². The molecule has 1 rings (SSSR count). The molecule has 108 valence electrons. The lowest BCUT2D eigenvalue weighted by molar-refractivity contribution is 0.100. The summed E-state index contributed by atoms with van der Waals surface area (Å²) in [4.78, 5) is 2.21. The monoisotopic (exact) mass is 265 g/mol. The standard InChI is InChI=1S/C16H27NO2/c1-12(2)10-13(3)17(4)11-15(18)14-8-6-7-9-16(14)19-5/h6-9,12-13,15,18H,10-11H2,1-5H3. The quantitative estimate of drug-likeness (QED) is 0.822. The van der Waals surface area contributed by atoms with E-state index in [2.05, 4.69) is 32.7 Å². The van der Waals surface area contributed by atoms with Crippen LogP contribution >= 0.6 is 0 Å². The number of likely N-dealkylation sites (N-methyl/N-ethyl adjacent to an activating group) is 1. The summed E-state index contributed by atoms with van der Waals surface area (Å²) < 4.78 is 5.29. The molecule has 0 spiro atoms. The third kappa shape index (κ3) is 4.84. The predicted octanol–water partition coefficient (Wildman–Crippen LogP) is 3.10. The normalized spacial score (nSPS) is 14.7. The van der Waals surface area contributed by atoms with Crippen molar-refractivity contribution in [1.29, 1.82) is 0 Å². The third-order valence-electron chi connectivity index (χ3n) is 3.52. The van der Waals surface area contributed by atoms with Gasteiger partial charge >= 0.3 is 0 Å². The maximum absolute atomic E-state index is 10.4. The van der Waals surface area contributed by atoms with Gasteiger partial charge in [0.15, 0.2) is 0 Å². The number of methoxy groups -OCH3 is 1. The number of benzene rings is 1. The topological polar surface area (TPSA) is 32.7 Å². The van der Waals surface area contributed by atoms with E-state index in [0.29, 0.717) is 18.5 Å². The largest absolute Gasteiger partial charge is 0.496 e. The second-order valence-electron chi connectivity index (χ2n) is 5.68. The Kier molecular flexibility index (Phi) is 6.32. The maximum Gasteiger partial charge on any atom is 0.124 e. The summed E-state index contributed by atoms with van der Waals surface area (Å²) in [5, 5.41) is 10.4. The van der Waals surface area contributed by atoms with Crippen molar-refractivity contribution in [2.24, 2.45) is 5.92 Å². The first kappa shape index (κ1) is 16.0. The van der Waals surface area contributed by atoms with Gasteiger partial charge in [-0.2, -0.15) is 0 Å². The lowest BCUT2D eigenvalue weighted by atomic mass is 10.0. The number of hydrogen-bond acceptors (Lipinski definition) is 3. The first-order valence-corrected chi connectivity index (χ1v) is 6.97. The van der Waals surface area contributed by atoms with Gasteiger partial charge in [-0.15, -0.1) is 0 Å². The number of nitrogens with zero attached hydrogens (tertiary/aromatic N) is 1. The van der Waals surface area contributed by atoms with Crippen LogP contribution in [0, 0.1) is 5.92 Å². The highest BCUT2D eigenvalue weighted by atomic mass is 16.5. The van der Waals surface area contributed by atoms with Crippen LogP contribution in [-0.4, -0.2) is 36.8 Å². The van der Waals surface area contributed by atoms with Crippen LogP contribution in [-0.2, 0) is 0 Å². The molecule has 0 saturated heterocycles. The van der Waals surface area contributed by atoms with Crippen molar-refractivity contribution in [2.45, 2.75) is 39.3 Å². The Morgan fingerprint density at radius 3 is 2.42 bits per heavy atom. The van der Waals surface area contributed by atoms with Crippen LogP contribution in [0.1, 0.15) is 38.9 Å². The molecule has 3 heteroatoms. The lowest BCUT2D eigenvalue weighted by Gasteiger charge is -2.28. The lowest BCUT2D eigenvalue weighted by Crippen LogP contribution is -2.34. The molecule has 1 aromatic rings. The molecule has 1 aromatic carbocycles. The minimum absolute atomic E-state index is 0.462. The van der Waals surface area contributed by atoms with E-state index in [4.69, 9.17) is 4.74 Å². The van der Waals surface area contributed by atoms with Crippen molar-refractivity contribution in [1.82, 2.24) is 4.90 Å². The second-order valence-corrected chi connectivity index (χ2v) is 5.68. The molecular weight excluding hydrogens is 238 g/mol. The molecule has 0 aromatic heterocycles. The van der Waals surface area contributed by atoms with Gasteiger partial charge in [0.25, 0.3) is 0 Å². The molecule has 0 amide bonds. The minimum atomic E-state index is -0.518. The van der Waals surface area contributed by atoms with E-state index in [9.17, 15) is 5.11 Å². The fourth-order valence-corrected chi connectivity index (χ4v) is 2.35. The minimum Gasteiger partial charge on any atom is -0.496 e. The first-order chi connectivity index (χ1) is 8.95. The van der Waals surface area contributed by atoms with E-state index in [1.54, 1.807) is 7.11 Å². The van der Waals surface area contributed by atoms with Crippen LogP contribution < -0.4 is 4.74 Å². The number of aliphatic hydroxyl groups is 1. The Hall–Kier alpha value is -1.06. The summed E-state index contributed by atoms with van der Waals surface area (Å²) in [7, 11) is 3.70. The Morgan fingerprint density at radius 2 is 1.84 bits per heavy atom. The summed E-state index contributed by atoms with van der Waals surface area (Å²) in [6, 6.07) is 8.11. The van der Waals surface area contributed by atoms with Gasteiger partial charge in [0.2, 0.25) is 0 Å². The van der Waals surface area contributed by atoms with Gasteiger partial charge in [0.1, 0.15) is 5.75 Å². The van der Waals surface area contributed by atoms with E-state index >= 15 is 0 Å². The SMILES string of the molecule is COc1ccccc1C(O)CN(C)C(C)CC(C)C. The van der Waals surface area contributed by atoms with E-state index < -0.39 is 6.10 Å². The van der Waals surface area contributed by atoms with Crippen molar-refractivity contribution < 1.29 is 9.84 Å². The molecule has 2 unspecified atom stereocenters. The summed E-state index contributed by atoms with van der Waals surface area (Å²) >= 11 is 0. The molecule has 0 aliphatic heterocycles. The molecular formula is C16H27NO2. The first-order valence-electron chi connectivity index (χ1n) is 6.97. The molecule has 0 saturated carbocycles. The number of para-hydroxylation sites is 1. The molecule has 0 aliphatic rings. The number of hydrogen-bond donors (Lipinski definition) is 1. The van der Waals surface area contributed by atoms with Gasteiger partial charge in [0, 0.05) is 18.2 Å². The highest BCUT2D eigenvalue weighted by Crippen LogP contribution is 2.25. The van der Waals surface area contributed by atoms with Crippen molar-refractivity contribution >= 4 is 0 Å². The Balaban J connectivity index is 2.65. The summed E-state index contributed by atoms with van der Waals surface area (Å²) in [6.45, 7) is 7.27. The second kappa shape index (κ2) is 7.51. The number of rotatable bonds is 7. The molecule has 19 heavy (non-hydrogen) atoms. The zero-order valence-electron chi connectivity index (χ0n) is 12.8. The van der Waals surface area contributed by atoms with Crippen LogP contribution in [0.5, 0.6) is 5.75 Å². The van der Waals surface area contributed by atoms with Gasteiger partial charge in [-0.25, -0.2) is 0 Å². The van der Waals surface area contributed by atoms with E-state index in [1.165, 1.54) is 0 Å². The molecule has 0 bridgehead atoms. The van der Waals surface area contributed by atoms with Crippen LogP contribution in [0.3, 0.4) is 0 Å². The van der Waals surface area contributed by atoms with Gasteiger partial charge in [0.05, 0.1) is 13.2 Å². The van der Waals surface area contributed by atoms with Crippen molar-refractivity contribution in [3.05, 3.63) is 29.8 Å². The Morgan fingerprint density at radius 1 is 1.21 bits per heavy atom. The van der Waals surface area contributed by atoms with E-state index in [-0.39, 0.29) is 0 Å². The maximum atomic E-state index is 10.4. The van der Waals surface area contributed by atoms with Gasteiger partial charge in [-0.05, 0) is 32.4 Å². The third-order valence-corrected chi connectivity index (χ3v) is 3.52. The molecule has 0 aliphatic carbocycles. The zero-order chi connectivity index (χ0) is 14.4. The predicted molar refractivity (Wildman–Crippen MR) is 79.5 cm³/mol. The fourth-order valence-electron chi connectivity index (χ4n) is 2.35. The van der Waals surface area contributed by atoms with E-state index in [0.717, 1.165) is 17.7 Å². The van der Waals surface area contributed by atoms with Crippen molar-refractivity contribution in [3.8, 4) is 5.75 Å². The zero-order valence-corrected chi connectivity index (χ0v) is 12.8. The van der Waals surface area contributed by atoms with Crippen molar-refractivity contribution in [3.63, 3.8) is 0 Å². The average molecular weight is 265 g/mol. The van der Waals surface area contributed by atoms with E-state index in [1.807, 2.05) is 24.3 Å². The Bertz CT molecular complexity index is 379. The van der Waals surface area contributed by atoms with Gasteiger partial charge in [-0.1, -0.05) is 32.0 Å². The number of aliphatic hydroxyl groups excluding tert-OH is 1. The van der Waals surface area contributed by atoms with Crippen LogP contribution in [0.25, 0.3) is 0 Å². The smallest absolute Gasteiger partial charge is 0.124 e. The fraction of sp³-hybridized carbons (Fsp3) is 0.625. The highest BCUT2D eigenvalue weighted by molar-refractivity contribution is 5.35. The molecule has 1 N–H and O–H groups in total. The van der Waals surface area contributed by atoms with Crippen LogP contribution in [0.4, 0.5) is 0 Å². The van der Waals surface area contributed by atoms with Crippen molar-refractivity contribution in [2.75, 3.05) is 20.7 Å². The molecule has 2 atom stereocenters. The summed E-state index contributed by atoms with van der Waals surface area (Å²) in [5.74, 6) is 1.42. The molecule has 0 fully saturated rings. The van der Waals surface area contributed by atoms with Gasteiger partial charge < -0.3 is 14.7 Å². The highest BCUT2D eigenvalue weighted by Gasteiger charge is 2.18. The number of ether oxygens (including phenoxy) is 1.